The Morgan fingerprint density at radius 1 is 0.905 bits per heavy atom. The van der Waals surface area contributed by atoms with Gasteiger partial charge < -0.3 is 4.74 Å². The molecular formula is C17H11BrF2O. The highest BCUT2D eigenvalue weighted by Crippen LogP contribution is 2.33. The quantitative estimate of drug-likeness (QED) is 0.543. The van der Waals surface area contributed by atoms with Crippen molar-refractivity contribution in [1.82, 2.24) is 0 Å². The molecule has 0 aliphatic heterocycles. The molecule has 0 saturated heterocycles. The molecule has 0 atom stereocenters. The molecule has 0 aliphatic carbocycles. The number of ether oxygens (including phenoxy) is 1. The molecule has 0 heterocycles. The fraction of sp³-hybridized carbons (Fsp3) is 0.0588. The minimum absolute atomic E-state index is 0.379. The lowest BCUT2D eigenvalue weighted by atomic mass is 10.1. The van der Waals surface area contributed by atoms with Crippen LogP contribution in [0.15, 0.2) is 54.6 Å². The molecule has 21 heavy (non-hydrogen) atoms. The van der Waals surface area contributed by atoms with Crippen molar-refractivity contribution in [3.05, 3.63) is 71.8 Å². The Balaban J connectivity index is 2.07. The Hall–Kier alpha value is -1.94. The molecule has 0 N–H and O–H groups in total. The van der Waals surface area contributed by atoms with Gasteiger partial charge in [0.25, 0.3) is 0 Å². The molecule has 0 amide bonds. The molecular weight excluding hydrogens is 338 g/mol. The van der Waals surface area contributed by atoms with Gasteiger partial charge in [-0.15, -0.1) is 0 Å². The summed E-state index contributed by atoms with van der Waals surface area (Å²) in [6, 6.07) is 15.5. The van der Waals surface area contributed by atoms with E-state index in [0.717, 1.165) is 10.8 Å². The Kier molecular flexibility index (Phi) is 3.88. The smallest absolute Gasteiger partial charge is 0.198 e. The molecule has 0 radical (unpaired) electrons. The fourth-order valence-corrected chi connectivity index (χ4v) is 2.51. The highest BCUT2D eigenvalue weighted by atomic mass is 79.9. The number of hydrogen-bond acceptors (Lipinski definition) is 1. The Labute approximate surface area is 129 Å². The highest BCUT2D eigenvalue weighted by Gasteiger charge is 2.14. The molecule has 3 rings (SSSR count). The lowest BCUT2D eigenvalue weighted by Gasteiger charge is -2.11. The minimum atomic E-state index is -0.711. The van der Waals surface area contributed by atoms with Gasteiger partial charge in [0.15, 0.2) is 17.4 Å². The Morgan fingerprint density at radius 3 is 2.29 bits per heavy atom. The molecule has 0 fully saturated rings. The predicted octanol–water partition coefficient (Wildman–Crippen LogP) is 5.81. The van der Waals surface area contributed by atoms with Crippen LogP contribution in [0.1, 0.15) is 5.56 Å². The first-order chi connectivity index (χ1) is 10.2. The molecule has 106 valence electrons. The zero-order valence-corrected chi connectivity index (χ0v) is 12.5. The van der Waals surface area contributed by atoms with E-state index in [1.54, 1.807) is 12.1 Å². The highest BCUT2D eigenvalue weighted by molar-refractivity contribution is 9.08. The third-order valence-electron chi connectivity index (χ3n) is 3.17. The number of alkyl halides is 1. The molecule has 4 heteroatoms. The summed E-state index contributed by atoms with van der Waals surface area (Å²) in [7, 11) is 0. The van der Waals surface area contributed by atoms with Crippen molar-refractivity contribution in [2.24, 2.45) is 0 Å². The number of hydrogen-bond donors (Lipinski definition) is 0. The summed E-state index contributed by atoms with van der Waals surface area (Å²) >= 11 is 3.18. The average Bonchev–Trinajstić information content (AvgIpc) is 2.50. The average molecular weight is 349 g/mol. The van der Waals surface area contributed by atoms with Crippen LogP contribution < -0.4 is 4.74 Å². The van der Waals surface area contributed by atoms with Gasteiger partial charge in [-0.3, -0.25) is 0 Å². The topological polar surface area (TPSA) is 9.23 Å². The van der Waals surface area contributed by atoms with Crippen molar-refractivity contribution in [2.45, 2.75) is 5.33 Å². The van der Waals surface area contributed by atoms with Gasteiger partial charge in [-0.05, 0) is 29.1 Å². The second-order valence-corrected chi connectivity index (χ2v) is 5.16. The first-order valence-corrected chi connectivity index (χ1v) is 7.50. The summed E-state index contributed by atoms with van der Waals surface area (Å²) in [5, 5.41) is 2.14. The van der Waals surface area contributed by atoms with E-state index in [0.29, 0.717) is 16.6 Å². The van der Waals surface area contributed by atoms with E-state index in [9.17, 15) is 8.78 Å². The van der Waals surface area contributed by atoms with Crippen LogP contribution in [0.5, 0.6) is 11.5 Å². The van der Waals surface area contributed by atoms with Gasteiger partial charge in [-0.25, -0.2) is 8.78 Å². The van der Waals surface area contributed by atoms with Crippen molar-refractivity contribution < 1.29 is 13.5 Å². The zero-order chi connectivity index (χ0) is 14.8. The predicted molar refractivity (Wildman–Crippen MR) is 83.0 cm³/mol. The van der Waals surface area contributed by atoms with Crippen LogP contribution in [0.2, 0.25) is 0 Å². The van der Waals surface area contributed by atoms with Gasteiger partial charge in [0, 0.05) is 10.7 Å². The summed E-state index contributed by atoms with van der Waals surface area (Å²) < 4.78 is 33.5. The summed E-state index contributed by atoms with van der Waals surface area (Å²) in [5.41, 5.74) is 0.523. The van der Waals surface area contributed by atoms with Crippen molar-refractivity contribution in [2.75, 3.05) is 0 Å². The second kappa shape index (κ2) is 5.82. The van der Waals surface area contributed by atoms with Crippen LogP contribution in [0.25, 0.3) is 10.8 Å². The molecule has 0 aromatic heterocycles. The van der Waals surface area contributed by atoms with E-state index in [4.69, 9.17) is 4.74 Å². The molecule has 0 unspecified atom stereocenters. The molecule has 3 aromatic rings. The maximum Gasteiger partial charge on any atom is 0.198 e. The van der Waals surface area contributed by atoms with Crippen LogP contribution in [0, 0.1) is 11.6 Å². The lowest BCUT2D eigenvalue weighted by Crippen LogP contribution is -1.95. The van der Waals surface area contributed by atoms with E-state index < -0.39 is 11.6 Å². The molecule has 0 spiro atoms. The number of halogens is 3. The first kappa shape index (κ1) is 14.0. The van der Waals surface area contributed by atoms with Crippen LogP contribution in [0.4, 0.5) is 8.78 Å². The molecule has 3 aromatic carbocycles. The standard InChI is InChI=1S/C17H11BrF2O/c18-10-11-8-14(19)17(15(20)9-11)21-16-7-3-5-12-4-1-2-6-13(12)16/h1-9H,10H2. The van der Waals surface area contributed by atoms with E-state index in [1.165, 1.54) is 12.1 Å². The number of rotatable bonds is 3. The third-order valence-corrected chi connectivity index (χ3v) is 3.82. The SMILES string of the molecule is Fc1cc(CBr)cc(F)c1Oc1cccc2ccccc12. The van der Waals surface area contributed by atoms with E-state index in [2.05, 4.69) is 15.9 Å². The van der Waals surface area contributed by atoms with Crippen LogP contribution in [-0.2, 0) is 5.33 Å². The summed E-state index contributed by atoms with van der Waals surface area (Å²) in [6.07, 6.45) is 0. The van der Waals surface area contributed by atoms with Crippen LogP contribution in [-0.4, -0.2) is 0 Å². The maximum absolute atomic E-state index is 14.0. The molecule has 1 nitrogen and oxygen atoms in total. The second-order valence-electron chi connectivity index (χ2n) is 4.60. The summed E-state index contributed by atoms with van der Waals surface area (Å²) in [6.45, 7) is 0. The normalized spacial score (nSPS) is 10.8. The zero-order valence-electron chi connectivity index (χ0n) is 10.9. The fourth-order valence-electron chi connectivity index (χ4n) is 2.18. The van der Waals surface area contributed by atoms with Crippen molar-refractivity contribution >= 4 is 26.7 Å². The van der Waals surface area contributed by atoms with Gasteiger partial charge in [0.1, 0.15) is 5.75 Å². The van der Waals surface area contributed by atoms with Crippen molar-refractivity contribution in [1.29, 1.82) is 0 Å². The minimum Gasteiger partial charge on any atom is -0.451 e. The van der Waals surface area contributed by atoms with Crippen molar-refractivity contribution in [3.8, 4) is 11.5 Å². The number of benzene rings is 3. The van der Waals surface area contributed by atoms with Gasteiger partial charge in [0.05, 0.1) is 0 Å². The van der Waals surface area contributed by atoms with Gasteiger partial charge in [-0.1, -0.05) is 52.3 Å². The third kappa shape index (κ3) is 2.76. The Morgan fingerprint density at radius 2 is 1.57 bits per heavy atom. The molecule has 0 aliphatic rings. The number of fused-ring (bicyclic) bond motifs is 1. The first-order valence-electron chi connectivity index (χ1n) is 6.38. The lowest BCUT2D eigenvalue weighted by molar-refractivity contribution is 0.410. The van der Waals surface area contributed by atoms with Crippen molar-refractivity contribution in [3.63, 3.8) is 0 Å². The molecule has 0 bridgehead atoms. The van der Waals surface area contributed by atoms with Gasteiger partial charge in [0.2, 0.25) is 0 Å². The van der Waals surface area contributed by atoms with Gasteiger partial charge in [-0.2, -0.15) is 0 Å². The summed E-state index contributed by atoms with van der Waals surface area (Å²) in [5.74, 6) is -1.37. The van der Waals surface area contributed by atoms with Crippen LogP contribution >= 0.6 is 15.9 Å². The van der Waals surface area contributed by atoms with E-state index in [-0.39, 0.29) is 5.75 Å². The largest absolute Gasteiger partial charge is 0.451 e. The summed E-state index contributed by atoms with van der Waals surface area (Å²) in [4.78, 5) is 0. The molecule has 0 saturated carbocycles. The van der Waals surface area contributed by atoms with E-state index >= 15 is 0 Å². The van der Waals surface area contributed by atoms with Crippen LogP contribution in [0.3, 0.4) is 0 Å². The van der Waals surface area contributed by atoms with Gasteiger partial charge >= 0.3 is 0 Å². The monoisotopic (exact) mass is 348 g/mol. The maximum atomic E-state index is 14.0. The van der Waals surface area contributed by atoms with E-state index in [1.807, 2.05) is 30.3 Å². The Bertz CT molecular complexity index is 773.